The molecule has 98 valence electrons. The zero-order valence-corrected chi connectivity index (χ0v) is 10.2. The van der Waals surface area contributed by atoms with Crippen molar-refractivity contribution in [2.45, 2.75) is 33.1 Å². The van der Waals surface area contributed by atoms with Crippen molar-refractivity contribution in [2.75, 3.05) is 6.54 Å². The molecule has 0 saturated carbocycles. The number of carbonyl (C=O) groups is 2. The lowest BCUT2D eigenvalue weighted by molar-refractivity contribution is -0.128. The number of amides is 2. The van der Waals surface area contributed by atoms with Crippen molar-refractivity contribution < 1.29 is 14.8 Å². The number of hydrogen-bond acceptors (Lipinski definition) is 4. The second-order valence-corrected chi connectivity index (χ2v) is 3.75. The van der Waals surface area contributed by atoms with Gasteiger partial charge in [0.2, 0.25) is 11.8 Å². The van der Waals surface area contributed by atoms with E-state index >= 15 is 0 Å². The van der Waals surface area contributed by atoms with Gasteiger partial charge in [-0.2, -0.15) is 0 Å². The summed E-state index contributed by atoms with van der Waals surface area (Å²) >= 11 is 0. The highest BCUT2D eigenvalue weighted by Crippen LogP contribution is 2.26. The molecule has 0 atom stereocenters. The largest absolute Gasteiger partial charge is 0.409 e. The molecule has 7 nitrogen and oxygen atoms in total. The Bertz CT molecular complexity index is 311. The molecule has 0 rings (SSSR count). The van der Waals surface area contributed by atoms with Gasteiger partial charge in [-0.25, -0.2) is 0 Å². The van der Waals surface area contributed by atoms with E-state index in [2.05, 4.69) is 10.5 Å². The third-order valence-corrected chi connectivity index (χ3v) is 2.90. The number of oxime groups is 1. The first-order valence-corrected chi connectivity index (χ1v) is 5.49. The number of nitrogens with zero attached hydrogens (tertiary/aromatic N) is 1. The summed E-state index contributed by atoms with van der Waals surface area (Å²) in [6.45, 7) is 3.69. The molecule has 0 unspecified atom stereocenters. The Hall–Kier alpha value is -1.79. The molecule has 0 aliphatic heterocycles. The number of hydrogen-bond donors (Lipinski definition) is 4. The smallest absolute Gasteiger partial charge is 0.233 e. The van der Waals surface area contributed by atoms with Crippen molar-refractivity contribution in [1.82, 2.24) is 5.32 Å². The van der Waals surface area contributed by atoms with Gasteiger partial charge in [-0.05, 0) is 12.8 Å². The molecule has 0 aromatic rings. The summed E-state index contributed by atoms with van der Waals surface area (Å²) in [6, 6.07) is 0. The maximum Gasteiger partial charge on any atom is 0.233 e. The van der Waals surface area contributed by atoms with E-state index in [-0.39, 0.29) is 24.7 Å². The fourth-order valence-corrected chi connectivity index (χ4v) is 1.61. The molecule has 0 aromatic heterocycles. The fourth-order valence-electron chi connectivity index (χ4n) is 1.61. The van der Waals surface area contributed by atoms with Crippen molar-refractivity contribution in [3.63, 3.8) is 0 Å². The fraction of sp³-hybridized carbons (Fsp3) is 0.700. The number of amidine groups is 1. The van der Waals surface area contributed by atoms with Crippen LogP contribution in [-0.4, -0.2) is 29.4 Å². The predicted molar refractivity (Wildman–Crippen MR) is 63.2 cm³/mol. The summed E-state index contributed by atoms with van der Waals surface area (Å²) in [5, 5.41) is 14.2. The Labute approximate surface area is 100 Å². The number of rotatable bonds is 7. The summed E-state index contributed by atoms with van der Waals surface area (Å²) < 4.78 is 0. The van der Waals surface area contributed by atoms with Crippen LogP contribution in [0.2, 0.25) is 0 Å². The van der Waals surface area contributed by atoms with Crippen molar-refractivity contribution in [3.05, 3.63) is 0 Å². The lowest BCUT2D eigenvalue weighted by Crippen LogP contribution is -2.49. The summed E-state index contributed by atoms with van der Waals surface area (Å²) in [6.07, 6.45) is 0.870. The highest BCUT2D eigenvalue weighted by atomic mass is 16.4. The molecular weight excluding hydrogens is 224 g/mol. The Balaban J connectivity index is 4.72. The third-order valence-electron chi connectivity index (χ3n) is 2.90. The van der Waals surface area contributed by atoms with Gasteiger partial charge in [-0.1, -0.05) is 19.0 Å². The second kappa shape index (κ2) is 6.72. The Morgan fingerprint density at radius 2 is 1.82 bits per heavy atom. The van der Waals surface area contributed by atoms with Crippen LogP contribution in [0.1, 0.15) is 33.1 Å². The van der Waals surface area contributed by atoms with Crippen LogP contribution in [0.25, 0.3) is 0 Å². The van der Waals surface area contributed by atoms with E-state index in [9.17, 15) is 9.59 Å². The molecule has 0 radical (unpaired) electrons. The van der Waals surface area contributed by atoms with E-state index in [0.717, 1.165) is 0 Å². The monoisotopic (exact) mass is 244 g/mol. The molecule has 0 fully saturated rings. The zero-order valence-electron chi connectivity index (χ0n) is 10.2. The minimum absolute atomic E-state index is 0.0609. The van der Waals surface area contributed by atoms with E-state index in [1.807, 2.05) is 0 Å². The summed E-state index contributed by atoms with van der Waals surface area (Å²) in [5.41, 5.74) is 9.48. The van der Waals surface area contributed by atoms with Gasteiger partial charge >= 0.3 is 0 Å². The quantitative estimate of drug-likeness (QED) is 0.209. The van der Waals surface area contributed by atoms with Gasteiger partial charge in [0.25, 0.3) is 0 Å². The normalized spacial score (nSPS) is 12.2. The summed E-state index contributed by atoms with van der Waals surface area (Å²) in [7, 11) is 0. The van der Waals surface area contributed by atoms with Gasteiger partial charge in [-0.3, -0.25) is 9.59 Å². The minimum atomic E-state index is -1.04. The Morgan fingerprint density at radius 3 is 2.18 bits per heavy atom. The van der Waals surface area contributed by atoms with Crippen molar-refractivity contribution >= 4 is 17.6 Å². The molecule has 0 saturated heterocycles. The standard InChI is InChI=1S/C10H20N4O3/c1-3-10(4-2,8(12)14-17)9(16)13-6-5-7(11)15/h17H,3-6H2,1-2H3,(H2,11,15)(H2,12,14)(H,13,16). The predicted octanol–water partition coefficient (Wildman–Crippen LogP) is -0.469. The van der Waals surface area contributed by atoms with Crippen LogP contribution in [0.5, 0.6) is 0 Å². The highest BCUT2D eigenvalue weighted by Gasteiger charge is 2.39. The summed E-state index contributed by atoms with van der Waals surface area (Å²) in [5.74, 6) is -0.981. The molecular formula is C10H20N4O3. The summed E-state index contributed by atoms with van der Waals surface area (Å²) in [4.78, 5) is 22.5. The van der Waals surface area contributed by atoms with Gasteiger partial charge in [-0.15, -0.1) is 0 Å². The van der Waals surface area contributed by atoms with Crippen molar-refractivity contribution in [3.8, 4) is 0 Å². The van der Waals surface area contributed by atoms with Gasteiger partial charge in [0.05, 0.1) is 0 Å². The lowest BCUT2D eigenvalue weighted by Gasteiger charge is -2.28. The zero-order chi connectivity index (χ0) is 13.5. The van der Waals surface area contributed by atoms with E-state index in [4.69, 9.17) is 16.7 Å². The van der Waals surface area contributed by atoms with E-state index < -0.39 is 11.3 Å². The number of carbonyl (C=O) groups excluding carboxylic acids is 2. The SMILES string of the molecule is CCC(CC)(C(=O)NCCC(N)=O)C(N)=NO. The van der Waals surface area contributed by atoms with Gasteiger partial charge in [0.1, 0.15) is 5.41 Å². The van der Waals surface area contributed by atoms with Crippen LogP contribution in [0, 0.1) is 5.41 Å². The first-order valence-electron chi connectivity index (χ1n) is 5.49. The maximum absolute atomic E-state index is 12.0. The van der Waals surface area contributed by atoms with Crippen molar-refractivity contribution in [1.29, 1.82) is 0 Å². The van der Waals surface area contributed by atoms with Gasteiger partial charge in [0, 0.05) is 13.0 Å². The van der Waals surface area contributed by atoms with Gasteiger partial charge < -0.3 is 22.0 Å². The first-order chi connectivity index (χ1) is 7.94. The van der Waals surface area contributed by atoms with Crippen LogP contribution in [0.3, 0.4) is 0 Å². The third kappa shape index (κ3) is 3.61. The maximum atomic E-state index is 12.0. The molecule has 0 spiro atoms. The van der Waals surface area contributed by atoms with E-state index in [1.165, 1.54) is 0 Å². The molecule has 0 heterocycles. The van der Waals surface area contributed by atoms with Gasteiger partial charge in [0.15, 0.2) is 5.84 Å². The molecule has 6 N–H and O–H groups in total. The van der Waals surface area contributed by atoms with Crippen LogP contribution < -0.4 is 16.8 Å². The number of primary amides is 1. The molecule has 0 bridgehead atoms. The second-order valence-electron chi connectivity index (χ2n) is 3.75. The molecule has 2 amide bonds. The van der Waals surface area contributed by atoms with E-state index in [0.29, 0.717) is 12.8 Å². The average molecular weight is 244 g/mol. The van der Waals surface area contributed by atoms with E-state index in [1.54, 1.807) is 13.8 Å². The molecule has 0 aromatic carbocycles. The average Bonchev–Trinajstić information content (AvgIpc) is 2.30. The number of nitrogens with one attached hydrogen (secondary N) is 1. The molecule has 17 heavy (non-hydrogen) atoms. The Kier molecular flexibility index (Phi) is 6.01. The highest BCUT2D eigenvalue weighted by molar-refractivity contribution is 6.06. The van der Waals surface area contributed by atoms with Crippen LogP contribution in [0.4, 0.5) is 0 Å². The van der Waals surface area contributed by atoms with Crippen LogP contribution in [0.15, 0.2) is 5.16 Å². The molecule has 0 aliphatic rings. The topological polar surface area (TPSA) is 131 Å². The molecule has 7 heteroatoms. The molecule has 0 aliphatic carbocycles. The number of nitrogens with two attached hydrogens (primary N) is 2. The minimum Gasteiger partial charge on any atom is -0.409 e. The lowest BCUT2D eigenvalue weighted by atomic mass is 9.80. The van der Waals surface area contributed by atoms with Crippen LogP contribution in [-0.2, 0) is 9.59 Å². The van der Waals surface area contributed by atoms with Crippen molar-refractivity contribution in [2.24, 2.45) is 22.0 Å². The first kappa shape index (κ1) is 15.2. The van der Waals surface area contributed by atoms with Crippen LogP contribution >= 0.6 is 0 Å². The Morgan fingerprint density at radius 1 is 1.29 bits per heavy atom.